The lowest BCUT2D eigenvalue weighted by Crippen LogP contribution is -2.43. The molecule has 0 unspecified atom stereocenters. The average Bonchev–Trinajstić information content (AvgIpc) is 2.85. The minimum absolute atomic E-state index is 0.107. The molecule has 1 aromatic rings. The van der Waals surface area contributed by atoms with Crippen LogP contribution < -0.4 is 5.73 Å². The van der Waals surface area contributed by atoms with Gasteiger partial charge in [-0.1, -0.05) is 0 Å². The molecule has 0 amide bonds. The van der Waals surface area contributed by atoms with E-state index in [-0.39, 0.29) is 37.6 Å². The molecule has 3 atom stereocenters. The summed E-state index contributed by atoms with van der Waals surface area (Å²) in [4.78, 5) is 16.8. The molecule has 2 heterocycles. The molecule has 1 fully saturated rings. The molecule has 0 spiro atoms. The van der Waals surface area contributed by atoms with E-state index in [0.29, 0.717) is 11.3 Å². The largest absolute Gasteiger partial charge is 0.480 e. The van der Waals surface area contributed by atoms with Crippen molar-refractivity contribution in [2.24, 2.45) is 10.9 Å². The van der Waals surface area contributed by atoms with Gasteiger partial charge >= 0.3 is 5.97 Å². The Kier molecular flexibility index (Phi) is 4.69. The summed E-state index contributed by atoms with van der Waals surface area (Å²) in [6, 6.07) is 4.43. The van der Waals surface area contributed by atoms with Gasteiger partial charge in [0.05, 0.1) is 25.2 Å². The van der Waals surface area contributed by atoms with E-state index < -0.39 is 22.9 Å². The van der Waals surface area contributed by atoms with Crippen LogP contribution in [-0.4, -0.2) is 36.8 Å². The van der Waals surface area contributed by atoms with Crippen LogP contribution >= 0.6 is 0 Å². The maximum absolute atomic E-state index is 14.6. The molecule has 2 aliphatic rings. The Hall–Kier alpha value is -2.15. The van der Waals surface area contributed by atoms with Gasteiger partial charge in [-0.3, -0.25) is 4.79 Å². The predicted molar refractivity (Wildman–Crippen MR) is 95.2 cm³/mol. The van der Waals surface area contributed by atoms with Crippen molar-refractivity contribution in [3.8, 4) is 0 Å². The highest BCUT2D eigenvalue weighted by atomic mass is 19.1. The van der Waals surface area contributed by atoms with Gasteiger partial charge in [0.1, 0.15) is 23.4 Å². The average molecular weight is 364 g/mol. The SMILES string of the molecule is C[C@H]1OC[C@]2(c3cc(N)ccc3F)N=C(CC(=O)OC(C)(C)C)OC[C@H]12. The van der Waals surface area contributed by atoms with Crippen LogP contribution in [0.5, 0.6) is 0 Å². The number of aliphatic imine (C=N–C) groups is 1. The van der Waals surface area contributed by atoms with E-state index in [9.17, 15) is 9.18 Å². The van der Waals surface area contributed by atoms with Crippen LogP contribution in [0.2, 0.25) is 0 Å². The van der Waals surface area contributed by atoms with E-state index in [2.05, 4.69) is 4.99 Å². The number of anilines is 1. The van der Waals surface area contributed by atoms with Gasteiger partial charge in [0.15, 0.2) is 5.90 Å². The number of carbonyl (C=O) groups excluding carboxylic acids is 1. The molecule has 3 rings (SSSR count). The number of ether oxygens (including phenoxy) is 3. The van der Waals surface area contributed by atoms with Crippen LogP contribution in [0.15, 0.2) is 23.2 Å². The summed E-state index contributed by atoms with van der Waals surface area (Å²) in [5, 5.41) is 0. The fourth-order valence-corrected chi connectivity index (χ4v) is 3.50. The highest BCUT2D eigenvalue weighted by Gasteiger charge is 2.53. The van der Waals surface area contributed by atoms with Gasteiger partial charge in [-0.15, -0.1) is 0 Å². The summed E-state index contributed by atoms with van der Waals surface area (Å²) in [5.41, 5.74) is 5.14. The Balaban J connectivity index is 1.96. The molecule has 1 aromatic carbocycles. The summed E-state index contributed by atoms with van der Waals surface area (Å²) >= 11 is 0. The molecule has 0 bridgehead atoms. The predicted octanol–water partition coefficient (Wildman–Crippen LogP) is 2.80. The number of nitrogen functional groups attached to an aromatic ring is 1. The maximum Gasteiger partial charge on any atom is 0.315 e. The molecule has 142 valence electrons. The fourth-order valence-electron chi connectivity index (χ4n) is 3.50. The standard InChI is InChI=1S/C19H25FN2O4/c1-11-14-9-24-16(8-17(23)26-18(2,3)4)22-19(14,10-25-11)13-7-12(21)5-6-15(13)20/h5-7,11,14H,8-10,21H2,1-4H3/t11-,14-,19-/m1/s1. The summed E-state index contributed by atoms with van der Waals surface area (Å²) < 4.78 is 31.4. The lowest BCUT2D eigenvalue weighted by Gasteiger charge is -2.36. The molecule has 2 aliphatic heterocycles. The number of nitrogens with two attached hydrogens (primary N) is 1. The number of nitrogens with zero attached hydrogens (tertiary/aromatic N) is 1. The molecular weight excluding hydrogens is 339 g/mol. The quantitative estimate of drug-likeness (QED) is 0.659. The van der Waals surface area contributed by atoms with Crippen molar-refractivity contribution in [2.75, 3.05) is 18.9 Å². The third-order valence-electron chi connectivity index (χ3n) is 4.67. The highest BCUT2D eigenvalue weighted by molar-refractivity contribution is 5.95. The van der Waals surface area contributed by atoms with Crippen molar-refractivity contribution in [3.63, 3.8) is 0 Å². The number of benzene rings is 1. The molecule has 0 saturated carbocycles. The molecule has 1 saturated heterocycles. The molecule has 0 radical (unpaired) electrons. The van der Waals surface area contributed by atoms with Crippen molar-refractivity contribution < 1.29 is 23.4 Å². The Morgan fingerprint density at radius 1 is 1.46 bits per heavy atom. The second-order valence-electron chi connectivity index (χ2n) is 7.87. The second kappa shape index (κ2) is 6.54. The van der Waals surface area contributed by atoms with E-state index in [1.807, 2.05) is 6.92 Å². The first kappa shape index (κ1) is 18.6. The smallest absolute Gasteiger partial charge is 0.315 e. The summed E-state index contributed by atoms with van der Waals surface area (Å²) in [6.45, 7) is 7.79. The van der Waals surface area contributed by atoms with Crippen LogP contribution in [0.1, 0.15) is 39.7 Å². The molecule has 0 aliphatic carbocycles. The van der Waals surface area contributed by atoms with Crippen molar-refractivity contribution in [1.82, 2.24) is 0 Å². The van der Waals surface area contributed by atoms with Crippen LogP contribution in [0.3, 0.4) is 0 Å². The molecule has 7 heteroatoms. The zero-order chi connectivity index (χ0) is 19.1. The van der Waals surface area contributed by atoms with Gasteiger partial charge in [0, 0.05) is 11.3 Å². The minimum Gasteiger partial charge on any atom is -0.480 e. The van der Waals surface area contributed by atoms with Crippen molar-refractivity contribution in [2.45, 2.75) is 51.4 Å². The number of esters is 1. The summed E-state index contributed by atoms with van der Waals surface area (Å²) in [5.74, 6) is -0.773. The van der Waals surface area contributed by atoms with E-state index >= 15 is 0 Å². The molecule has 0 aromatic heterocycles. The van der Waals surface area contributed by atoms with Crippen molar-refractivity contribution >= 4 is 17.6 Å². The summed E-state index contributed by atoms with van der Waals surface area (Å²) in [7, 11) is 0. The van der Waals surface area contributed by atoms with Gasteiger partial charge in [0.2, 0.25) is 0 Å². The number of hydrogen-bond acceptors (Lipinski definition) is 6. The first-order chi connectivity index (χ1) is 12.1. The number of halogens is 1. The number of fused-ring (bicyclic) bond motifs is 1. The monoisotopic (exact) mass is 364 g/mol. The van der Waals surface area contributed by atoms with E-state index in [4.69, 9.17) is 19.9 Å². The molecule has 2 N–H and O–H groups in total. The number of rotatable bonds is 3. The third kappa shape index (κ3) is 3.53. The van der Waals surface area contributed by atoms with Gasteiger partial charge in [-0.05, 0) is 45.9 Å². The fraction of sp³-hybridized carbons (Fsp3) is 0.579. The molecular formula is C19H25FN2O4. The zero-order valence-corrected chi connectivity index (χ0v) is 15.5. The molecule has 6 nitrogen and oxygen atoms in total. The first-order valence-corrected chi connectivity index (χ1v) is 8.71. The van der Waals surface area contributed by atoms with Crippen LogP contribution in [0.4, 0.5) is 10.1 Å². The normalized spacial score (nSPS) is 28.1. The lowest BCUT2D eigenvalue weighted by atomic mass is 9.78. The van der Waals surface area contributed by atoms with Crippen LogP contribution in [0, 0.1) is 11.7 Å². The topological polar surface area (TPSA) is 83.1 Å². The number of carbonyl (C=O) groups is 1. The third-order valence-corrected chi connectivity index (χ3v) is 4.67. The molecule has 26 heavy (non-hydrogen) atoms. The Morgan fingerprint density at radius 2 is 2.19 bits per heavy atom. The van der Waals surface area contributed by atoms with Gasteiger partial charge in [-0.25, -0.2) is 9.38 Å². The van der Waals surface area contributed by atoms with E-state index in [0.717, 1.165) is 0 Å². The van der Waals surface area contributed by atoms with Crippen molar-refractivity contribution in [1.29, 1.82) is 0 Å². The zero-order valence-electron chi connectivity index (χ0n) is 15.5. The number of hydrogen-bond donors (Lipinski definition) is 1. The Bertz CT molecular complexity index is 744. The van der Waals surface area contributed by atoms with Gasteiger partial charge < -0.3 is 19.9 Å². The minimum atomic E-state index is -0.950. The Labute approximate surface area is 152 Å². The van der Waals surface area contributed by atoms with E-state index in [1.54, 1.807) is 26.8 Å². The van der Waals surface area contributed by atoms with E-state index in [1.165, 1.54) is 12.1 Å². The van der Waals surface area contributed by atoms with Crippen molar-refractivity contribution in [3.05, 3.63) is 29.6 Å². The van der Waals surface area contributed by atoms with Gasteiger partial charge in [0.25, 0.3) is 0 Å². The first-order valence-electron chi connectivity index (χ1n) is 8.71. The lowest BCUT2D eigenvalue weighted by molar-refractivity contribution is -0.153. The second-order valence-corrected chi connectivity index (χ2v) is 7.87. The summed E-state index contributed by atoms with van der Waals surface area (Å²) in [6.07, 6.45) is -0.257. The van der Waals surface area contributed by atoms with Crippen LogP contribution in [0.25, 0.3) is 0 Å². The van der Waals surface area contributed by atoms with Gasteiger partial charge in [-0.2, -0.15) is 0 Å². The Morgan fingerprint density at radius 3 is 2.88 bits per heavy atom. The van der Waals surface area contributed by atoms with Crippen LogP contribution in [-0.2, 0) is 24.5 Å². The highest BCUT2D eigenvalue weighted by Crippen LogP contribution is 2.46. The maximum atomic E-state index is 14.6.